The Hall–Kier alpha value is -2.63. The molecule has 2 heterocycles. The number of nitrogens with one attached hydrogen (secondary N) is 1. The normalized spacial score (nSPS) is 13.1. The van der Waals surface area contributed by atoms with Crippen molar-refractivity contribution in [2.75, 3.05) is 18.9 Å². The Morgan fingerprint density at radius 1 is 1.25 bits per heavy atom. The van der Waals surface area contributed by atoms with Gasteiger partial charge >= 0.3 is 0 Å². The van der Waals surface area contributed by atoms with Crippen molar-refractivity contribution < 1.29 is 9.59 Å². The number of imidazole rings is 1. The second-order valence-corrected chi connectivity index (χ2v) is 7.69. The molecule has 1 aliphatic rings. The first-order valence-corrected chi connectivity index (χ1v) is 10.2. The first-order valence-electron chi connectivity index (χ1n) is 10.2. The summed E-state index contributed by atoms with van der Waals surface area (Å²) in [6, 6.07) is 5.97. The van der Waals surface area contributed by atoms with E-state index in [0.717, 1.165) is 61.2 Å². The zero-order chi connectivity index (χ0) is 20.3. The molecule has 6 heteroatoms. The summed E-state index contributed by atoms with van der Waals surface area (Å²) in [5.41, 5.74) is 4.20. The molecular weight excluding hydrogens is 352 g/mol. The van der Waals surface area contributed by atoms with Crippen molar-refractivity contribution in [2.45, 2.75) is 59.4 Å². The van der Waals surface area contributed by atoms with Crippen molar-refractivity contribution in [1.82, 2.24) is 14.5 Å². The van der Waals surface area contributed by atoms with Crippen LogP contribution in [-0.2, 0) is 13.0 Å². The molecule has 0 saturated carbocycles. The van der Waals surface area contributed by atoms with E-state index in [1.807, 2.05) is 43.7 Å². The van der Waals surface area contributed by atoms with Gasteiger partial charge in [-0.3, -0.25) is 9.59 Å². The SMILES string of the molecule is CCCCN(C)C(=O)c1nc(C(=O)Nc2cc(C)ccc2C)n2c1CCCC2. The molecule has 0 spiro atoms. The highest BCUT2D eigenvalue weighted by Crippen LogP contribution is 2.24. The molecule has 0 radical (unpaired) electrons. The maximum atomic E-state index is 13.0. The molecule has 6 nitrogen and oxygen atoms in total. The molecule has 0 aliphatic carbocycles. The van der Waals surface area contributed by atoms with Gasteiger partial charge in [0.05, 0.1) is 5.69 Å². The van der Waals surface area contributed by atoms with Gasteiger partial charge in [-0.1, -0.05) is 25.5 Å². The zero-order valence-corrected chi connectivity index (χ0v) is 17.3. The number of aromatic nitrogens is 2. The van der Waals surface area contributed by atoms with E-state index in [0.29, 0.717) is 18.1 Å². The van der Waals surface area contributed by atoms with E-state index in [4.69, 9.17) is 0 Å². The second-order valence-electron chi connectivity index (χ2n) is 7.69. The molecule has 28 heavy (non-hydrogen) atoms. The van der Waals surface area contributed by atoms with Crippen LogP contribution in [0.4, 0.5) is 5.69 Å². The minimum atomic E-state index is -0.257. The van der Waals surface area contributed by atoms with Crippen molar-refractivity contribution in [3.8, 4) is 0 Å². The maximum absolute atomic E-state index is 13.0. The van der Waals surface area contributed by atoms with Gasteiger partial charge < -0.3 is 14.8 Å². The number of carbonyl (C=O) groups excluding carboxylic acids is 2. The Kier molecular flexibility index (Phi) is 6.17. The fourth-order valence-corrected chi connectivity index (χ4v) is 3.61. The van der Waals surface area contributed by atoms with Crippen molar-refractivity contribution in [3.63, 3.8) is 0 Å². The summed E-state index contributed by atoms with van der Waals surface area (Å²) in [7, 11) is 1.81. The lowest BCUT2D eigenvalue weighted by atomic mass is 10.1. The lowest BCUT2D eigenvalue weighted by Gasteiger charge is -2.19. The number of amides is 2. The number of fused-ring (bicyclic) bond motifs is 1. The van der Waals surface area contributed by atoms with Crippen LogP contribution in [0.25, 0.3) is 0 Å². The third-order valence-electron chi connectivity index (χ3n) is 5.36. The summed E-state index contributed by atoms with van der Waals surface area (Å²) in [4.78, 5) is 32.2. The zero-order valence-electron chi connectivity index (χ0n) is 17.3. The highest BCUT2D eigenvalue weighted by molar-refractivity contribution is 6.04. The van der Waals surface area contributed by atoms with E-state index >= 15 is 0 Å². The van der Waals surface area contributed by atoms with E-state index in [9.17, 15) is 9.59 Å². The first-order chi connectivity index (χ1) is 13.4. The molecule has 150 valence electrons. The molecule has 1 aromatic heterocycles. The number of nitrogens with zero attached hydrogens (tertiary/aromatic N) is 3. The van der Waals surface area contributed by atoms with Crippen LogP contribution in [0.15, 0.2) is 18.2 Å². The summed E-state index contributed by atoms with van der Waals surface area (Å²) in [6.07, 6.45) is 4.78. The van der Waals surface area contributed by atoms with Gasteiger partial charge in [0, 0.05) is 25.8 Å². The molecule has 0 saturated heterocycles. The monoisotopic (exact) mass is 382 g/mol. The first kappa shape index (κ1) is 20.1. The summed E-state index contributed by atoms with van der Waals surface area (Å²) in [6.45, 7) is 7.49. The molecule has 3 rings (SSSR count). The predicted octanol–water partition coefficient (Wildman–Crippen LogP) is 3.96. The Labute approximate surface area is 166 Å². The molecular formula is C22H30N4O2. The number of hydrogen-bond acceptors (Lipinski definition) is 3. The molecule has 0 atom stereocenters. The maximum Gasteiger partial charge on any atom is 0.291 e. The molecule has 2 aromatic rings. The van der Waals surface area contributed by atoms with Gasteiger partial charge in [0.15, 0.2) is 5.82 Å². The van der Waals surface area contributed by atoms with Crippen molar-refractivity contribution >= 4 is 17.5 Å². The van der Waals surface area contributed by atoms with Gasteiger partial charge in [-0.25, -0.2) is 4.98 Å². The van der Waals surface area contributed by atoms with Crippen LogP contribution in [-0.4, -0.2) is 39.9 Å². The minimum absolute atomic E-state index is 0.0927. The van der Waals surface area contributed by atoms with Crippen molar-refractivity contribution in [2.24, 2.45) is 0 Å². The van der Waals surface area contributed by atoms with E-state index < -0.39 is 0 Å². The number of rotatable bonds is 6. The Bertz CT molecular complexity index is 885. The minimum Gasteiger partial charge on any atom is -0.340 e. The Morgan fingerprint density at radius 3 is 2.79 bits per heavy atom. The third-order valence-corrected chi connectivity index (χ3v) is 5.36. The molecule has 0 unspecified atom stereocenters. The quantitative estimate of drug-likeness (QED) is 0.822. The molecule has 1 aliphatic heterocycles. The lowest BCUT2D eigenvalue weighted by Crippen LogP contribution is -2.29. The molecule has 0 bridgehead atoms. The molecule has 2 amide bonds. The van der Waals surface area contributed by atoms with Crippen LogP contribution in [0.2, 0.25) is 0 Å². The average Bonchev–Trinajstić information content (AvgIpc) is 3.08. The number of aryl methyl sites for hydroxylation is 2. The van der Waals surface area contributed by atoms with E-state index in [1.165, 1.54) is 0 Å². The number of hydrogen-bond donors (Lipinski definition) is 1. The van der Waals surface area contributed by atoms with Gasteiger partial charge in [0.25, 0.3) is 11.8 Å². The number of anilines is 1. The smallest absolute Gasteiger partial charge is 0.291 e. The highest BCUT2D eigenvalue weighted by atomic mass is 16.2. The number of unbranched alkanes of at least 4 members (excludes halogenated alkanes) is 1. The second kappa shape index (κ2) is 8.59. The van der Waals surface area contributed by atoms with E-state index in [2.05, 4.69) is 17.2 Å². The van der Waals surface area contributed by atoms with Gasteiger partial charge in [0.2, 0.25) is 0 Å². The number of benzene rings is 1. The summed E-state index contributed by atoms with van der Waals surface area (Å²) in [5, 5.41) is 2.99. The van der Waals surface area contributed by atoms with E-state index in [-0.39, 0.29) is 11.8 Å². The Balaban J connectivity index is 1.91. The topological polar surface area (TPSA) is 67.2 Å². The third kappa shape index (κ3) is 4.11. The number of carbonyl (C=O) groups is 2. The highest BCUT2D eigenvalue weighted by Gasteiger charge is 2.29. The van der Waals surface area contributed by atoms with Gasteiger partial charge in [-0.05, 0) is 56.7 Å². The summed E-state index contributed by atoms with van der Waals surface area (Å²) >= 11 is 0. The summed E-state index contributed by atoms with van der Waals surface area (Å²) in [5.74, 6) is -0.0140. The summed E-state index contributed by atoms with van der Waals surface area (Å²) < 4.78 is 1.94. The van der Waals surface area contributed by atoms with Crippen molar-refractivity contribution in [1.29, 1.82) is 0 Å². The lowest BCUT2D eigenvalue weighted by molar-refractivity contribution is 0.0786. The van der Waals surface area contributed by atoms with Crippen molar-refractivity contribution in [3.05, 3.63) is 46.5 Å². The predicted molar refractivity (Wildman–Crippen MR) is 111 cm³/mol. The average molecular weight is 383 g/mol. The van der Waals surface area contributed by atoms with Crippen LogP contribution < -0.4 is 5.32 Å². The molecule has 0 fully saturated rings. The molecule has 1 aromatic carbocycles. The van der Waals surface area contributed by atoms with Crippen LogP contribution in [0.3, 0.4) is 0 Å². The fraction of sp³-hybridized carbons (Fsp3) is 0.500. The standard InChI is InChI=1S/C22H30N4O2/c1-5-6-12-25(4)22(28)19-18-9-7-8-13-26(18)20(24-19)21(27)23-17-14-15(2)10-11-16(17)3/h10-11,14H,5-9,12-13H2,1-4H3,(H,23,27). The Morgan fingerprint density at radius 2 is 2.04 bits per heavy atom. The van der Waals surface area contributed by atoms with Crippen LogP contribution in [0.5, 0.6) is 0 Å². The van der Waals surface area contributed by atoms with Crippen LogP contribution >= 0.6 is 0 Å². The fourth-order valence-electron chi connectivity index (χ4n) is 3.61. The van der Waals surface area contributed by atoms with Crippen LogP contribution in [0, 0.1) is 13.8 Å². The van der Waals surface area contributed by atoms with Gasteiger partial charge in [-0.15, -0.1) is 0 Å². The van der Waals surface area contributed by atoms with E-state index in [1.54, 1.807) is 4.90 Å². The van der Waals surface area contributed by atoms with Crippen LogP contribution in [0.1, 0.15) is 70.5 Å². The van der Waals surface area contributed by atoms with Gasteiger partial charge in [0.1, 0.15) is 5.69 Å². The largest absolute Gasteiger partial charge is 0.340 e. The molecule has 1 N–H and O–H groups in total. The van der Waals surface area contributed by atoms with Gasteiger partial charge in [-0.2, -0.15) is 0 Å².